The Kier molecular flexibility index (Phi) is 9.45. The van der Waals surface area contributed by atoms with Gasteiger partial charge < -0.3 is 24.8 Å². The zero-order valence-corrected chi connectivity index (χ0v) is 24.5. The number of unbranched alkanes of at least 4 members (excludes halogenated alkanes) is 1. The van der Waals surface area contributed by atoms with Gasteiger partial charge >= 0.3 is 0 Å². The van der Waals surface area contributed by atoms with E-state index in [1.165, 1.54) is 97.1 Å². The summed E-state index contributed by atoms with van der Waals surface area (Å²) < 4.78 is 63.0. The maximum Gasteiger partial charge on any atom is 0.206 e. The maximum absolute atomic E-state index is 12.9. The van der Waals surface area contributed by atoms with Crippen LogP contribution in [0.25, 0.3) is 0 Å². The number of aliphatic hydroxyl groups is 1. The van der Waals surface area contributed by atoms with Gasteiger partial charge in [-0.2, -0.15) is 0 Å². The van der Waals surface area contributed by atoms with Crippen molar-refractivity contribution in [2.24, 2.45) is 0 Å². The Labute approximate surface area is 245 Å². The summed E-state index contributed by atoms with van der Waals surface area (Å²) in [6.45, 7) is 1.75. The topological polar surface area (TPSA) is 147 Å². The van der Waals surface area contributed by atoms with Crippen LogP contribution in [0, 0.1) is 0 Å². The fourth-order valence-electron chi connectivity index (χ4n) is 4.08. The minimum Gasteiger partial charge on any atom is -0.508 e. The molecule has 0 aromatic heterocycles. The number of phenolic OH excluding ortho intramolecular Hbond substituents is 2. The number of ether oxygens (including phenoxy) is 2. The number of benzene rings is 4. The van der Waals surface area contributed by atoms with Crippen LogP contribution in [-0.2, 0) is 19.7 Å². The first kappa shape index (κ1) is 30.9. The Morgan fingerprint density at radius 1 is 0.571 bits per heavy atom. The molecule has 0 fully saturated rings. The van der Waals surface area contributed by atoms with Crippen molar-refractivity contribution in [3.8, 4) is 23.0 Å². The van der Waals surface area contributed by atoms with Gasteiger partial charge in [0.15, 0.2) is 0 Å². The Morgan fingerprint density at radius 2 is 0.881 bits per heavy atom. The fourth-order valence-corrected chi connectivity index (χ4v) is 6.60. The van der Waals surface area contributed by atoms with Gasteiger partial charge in [0, 0.05) is 0 Å². The third kappa shape index (κ3) is 7.41. The van der Waals surface area contributed by atoms with Gasteiger partial charge in [-0.3, -0.25) is 0 Å². The normalized spacial score (nSPS) is 12.1. The van der Waals surface area contributed by atoms with Crippen molar-refractivity contribution in [2.75, 3.05) is 13.2 Å². The molecule has 0 aliphatic carbocycles. The predicted molar refractivity (Wildman–Crippen MR) is 155 cm³/mol. The van der Waals surface area contributed by atoms with Gasteiger partial charge in [-0.05, 0) is 103 Å². The number of hydrogen-bond acceptors (Lipinski definition) is 9. The van der Waals surface area contributed by atoms with E-state index in [2.05, 4.69) is 0 Å². The summed E-state index contributed by atoms with van der Waals surface area (Å²) in [7, 11) is -7.56. The first-order valence-corrected chi connectivity index (χ1v) is 16.2. The molecule has 4 aromatic carbocycles. The second-order valence-electron chi connectivity index (χ2n) is 9.84. The molecule has 0 saturated carbocycles. The van der Waals surface area contributed by atoms with Gasteiger partial charge in [-0.1, -0.05) is 19.8 Å². The molecule has 0 unspecified atom stereocenters. The van der Waals surface area contributed by atoms with Crippen molar-refractivity contribution in [3.63, 3.8) is 0 Å². The van der Waals surface area contributed by atoms with Crippen LogP contribution in [0.5, 0.6) is 23.0 Å². The van der Waals surface area contributed by atoms with Crippen molar-refractivity contribution in [2.45, 2.75) is 51.4 Å². The summed E-state index contributed by atoms with van der Waals surface area (Å²) in [5, 5.41) is 30.1. The van der Waals surface area contributed by atoms with Crippen LogP contribution in [0.15, 0.2) is 117 Å². The second-order valence-corrected chi connectivity index (χ2v) is 13.7. The van der Waals surface area contributed by atoms with E-state index in [4.69, 9.17) is 9.47 Å². The van der Waals surface area contributed by atoms with Gasteiger partial charge in [0.25, 0.3) is 0 Å². The molecule has 4 rings (SSSR count). The molecule has 11 heteroatoms. The summed E-state index contributed by atoms with van der Waals surface area (Å²) in [5.74, 6) is 0.650. The van der Waals surface area contributed by atoms with Crippen molar-refractivity contribution in [1.29, 1.82) is 0 Å². The van der Waals surface area contributed by atoms with Crippen LogP contribution in [0.1, 0.15) is 26.2 Å². The number of hydrogen-bond donors (Lipinski definition) is 3. The zero-order chi connectivity index (χ0) is 30.4. The fraction of sp³-hybridized carbons (Fsp3) is 0.226. The third-order valence-corrected chi connectivity index (χ3v) is 10.1. The lowest BCUT2D eigenvalue weighted by Crippen LogP contribution is -2.42. The molecule has 0 bridgehead atoms. The van der Waals surface area contributed by atoms with E-state index < -0.39 is 25.3 Å². The van der Waals surface area contributed by atoms with Crippen molar-refractivity contribution < 1.29 is 41.6 Å². The SMILES string of the molecule is CCCCC(O)(COc1ccc(S(=O)(=O)c2ccc(O)cc2)cc1)COc1ccc(S(=O)(=O)c2ccc(O)cc2)cc1. The molecule has 0 aliphatic rings. The van der Waals surface area contributed by atoms with Crippen LogP contribution in [0.3, 0.4) is 0 Å². The van der Waals surface area contributed by atoms with Crippen LogP contribution < -0.4 is 9.47 Å². The van der Waals surface area contributed by atoms with E-state index in [1.807, 2.05) is 6.92 Å². The van der Waals surface area contributed by atoms with Gasteiger partial charge in [0.2, 0.25) is 19.7 Å². The van der Waals surface area contributed by atoms with Crippen LogP contribution in [0.4, 0.5) is 0 Å². The highest BCUT2D eigenvalue weighted by molar-refractivity contribution is 7.91. The summed E-state index contributed by atoms with van der Waals surface area (Å²) in [4.78, 5) is 0.207. The van der Waals surface area contributed by atoms with E-state index >= 15 is 0 Å². The van der Waals surface area contributed by atoms with Crippen LogP contribution in [0.2, 0.25) is 0 Å². The van der Waals surface area contributed by atoms with Crippen LogP contribution >= 0.6 is 0 Å². The predicted octanol–water partition coefficient (Wildman–Crippen LogP) is 5.14. The van der Waals surface area contributed by atoms with E-state index in [9.17, 15) is 32.2 Å². The Morgan fingerprint density at radius 3 is 1.19 bits per heavy atom. The molecule has 0 radical (unpaired) electrons. The molecule has 4 aromatic rings. The standard InChI is InChI=1S/C31H32O9S2/c1-2-3-20-31(34,21-39-25-8-16-29(17-9-25)41(35,36)27-12-4-23(32)5-13-27)22-40-26-10-18-30(19-11-26)42(37,38)28-14-6-24(33)7-15-28/h4-19,32-34H,2-3,20-22H2,1H3. The van der Waals surface area contributed by atoms with Gasteiger partial charge in [0.05, 0.1) is 19.6 Å². The molecule has 9 nitrogen and oxygen atoms in total. The van der Waals surface area contributed by atoms with E-state index in [1.54, 1.807) is 0 Å². The average Bonchev–Trinajstić information content (AvgIpc) is 2.99. The lowest BCUT2D eigenvalue weighted by atomic mass is 9.99. The number of phenols is 2. The smallest absolute Gasteiger partial charge is 0.206 e. The molecule has 0 amide bonds. The van der Waals surface area contributed by atoms with Crippen molar-refractivity contribution in [1.82, 2.24) is 0 Å². The molecular weight excluding hydrogens is 580 g/mol. The molecular formula is C31H32O9S2. The molecule has 222 valence electrons. The largest absolute Gasteiger partial charge is 0.508 e. The quantitative estimate of drug-likeness (QED) is 0.187. The van der Waals surface area contributed by atoms with Crippen molar-refractivity contribution in [3.05, 3.63) is 97.1 Å². The molecule has 0 heterocycles. The summed E-state index contributed by atoms with van der Waals surface area (Å²) in [6.07, 6.45) is 1.91. The average molecular weight is 613 g/mol. The molecule has 0 spiro atoms. The molecule has 0 saturated heterocycles. The molecule has 0 aliphatic heterocycles. The highest BCUT2D eigenvalue weighted by Crippen LogP contribution is 2.27. The van der Waals surface area contributed by atoms with E-state index in [0.717, 1.165) is 6.42 Å². The number of aromatic hydroxyl groups is 2. The second kappa shape index (κ2) is 12.8. The van der Waals surface area contributed by atoms with Gasteiger partial charge in [-0.15, -0.1) is 0 Å². The summed E-state index contributed by atoms with van der Waals surface area (Å²) >= 11 is 0. The van der Waals surface area contributed by atoms with Gasteiger partial charge in [-0.25, -0.2) is 16.8 Å². The zero-order valence-electron chi connectivity index (χ0n) is 22.9. The lowest BCUT2D eigenvalue weighted by Gasteiger charge is -2.28. The maximum atomic E-state index is 12.9. The molecule has 0 atom stereocenters. The lowest BCUT2D eigenvalue weighted by molar-refractivity contribution is -0.0470. The monoisotopic (exact) mass is 612 g/mol. The van der Waals surface area contributed by atoms with Crippen molar-refractivity contribution >= 4 is 19.7 Å². The summed E-state index contributed by atoms with van der Waals surface area (Å²) in [6, 6.07) is 22.2. The highest BCUT2D eigenvalue weighted by Gasteiger charge is 2.29. The van der Waals surface area contributed by atoms with Gasteiger partial charge in [0.1, 0.15) is 41.8 Å². The third-order valence-electron chi connectivity index (χ3n) is 6.57. The first-order valence-electron chi connectivity index (χ1n) is 13.2. The van der Waals surface area contributed by atoms with E-state index in [0.29, 0.717) is 24.3 Å². The Hall–Kier alpha value is -4.06. The summed E-state index contributed by atoms with van der Waals surface area (Å²) in [5.41, 5.74) is -1.37. The number of rotatable bonds is 13. The molecule has 3 N–H and O–H groups in total. The minimum absolute atomic E-state index is 0.0344. The Balaban J connectivity index is 1.40. The first-order chi connectivity index (χ1) is 19.9. The molecule has 42 heavy (non-hydrogen) atoms. The van der Waals surface area contributed by atoms with E-state index in [-0.39, 0.29) is 44.3 Å². The minimum atomic E-state index is -3.78. The van der Waals surface area contributed by atoms with Crippen LogP contribution in [-0.4, -0.2) is 51.0 Å². The number of sulfone groups is 2. The highest BCUT2D eigenvalue weighted by atomic mass is 32.2. The Bertz CT molecular complexity index is 1560.